The summed E-state index contributed by atoms with van der Waals surface area (Å²) in [6, 6.07) is 10.1. The Kier molecular flexibility index (Phi) is 9.42. The molecular weight excluding hydrogens is 326 g/mol. The molecule has 0 radical (unpaired) electrons. The van der Waals surface area contributed by atoms with Gasteiger partial charge in [0.1, 0.15) is 0 Å². The zero-order chi connectivity index (χ0) is 16.5. The van der Waals surface area contributed by atoms with E-state index in [-0.39, 0.29) is 43.4 Å². The number of carbonyl (C=O) groups excluding carboxylic acids is 2. The summed E-state index contributed by atoms with van der Waals surface area (Å²) in [5.41, 5.74) is 6.35. The third kappa shape index (κ3) is 6.89. The zero-order valence-corrected chi connectivity index (χ0v) is 14.8. The molecule has 0 bridgehead atoms. The molecule has 1 fully saturated rings. The maximum absolute atomic E-state index is 12.1. The Hall–Kier alpha value is -1.59. The lowest BCUT2D eigenvalue weighted by molar-refractivity contribution is -0.125. The lowest BCUT2D eigenvalue weighted by Crippen LogP contribution is -2.41. The first-order valence-electron chi connectivity index (χ1n) is 8.50. The molecule has 1 unspecified atom stereocenters. The monoisotopic (exact) mass is 353 g/mol. The largest absolute Gasteiger partial charge is 0.348 e. The Morgan fingerprint density at radius 2 is 1.75 bits per heavy atom. The van der Waals surface area contributed by atoms with E-state index in [2.05, 4.69) is 10.6 Å². The number of hydrogen-bond acceptors (Lipinski definition) is 3. The van der Waals surface area contributed by atoms with Gasteiger partial charge in [-0.25, -0.2) is 0 Å². The summed E-state index contributed by atoms with van der Waals surface area (Å²) in [7, 11) is 0. The quantitative estimate of drug-likeness (QED) is 0.703. The number of carbonyl (C=O) groups is 2. The van der Waals surface area contributed by atoms with Gasteiger partial charge in [-0.2, -0.15) is 0 Å². The van der Waals surface area contributed by atoms with Crippen molar-refractivity contribution in [2.24, 2.45) is 11.7 Å². The van der Waals surface area contributed by atoms with E-state index in [1.807, 2.05) is 30.3 Å². The summed E-state index contributed by atoms with van der Waals surface area (Å²) >= 11 is 0. The lowest BCUT2D eigenvalue weighted by Gasteiger charge is -2.27. The first-order chi connectivity index (χ1) is 11.2. The molecule has 0 spiro atoms. The van der Waals surface area contributed by atoms with Gasteiger partial charge < -0.3 is 16.4 Å². The third-order valence-electron chi connectivity index (χ3n) is 4.46. The van der Waals surface area contributed by atoms with Crippen LogP contribution in [0.4, 0.5) is 0 Å². The molecule has 1 aromatic rings. The Morgan fingerprint density at radius 3 is 2.38 bits per heavy atom. The molecule has 0 aliphatic heterocycles. The van der Waals surface area contributed by atoms with Gasteiger partial charge in [-0.15, -0.1) is 12.4 Å². The average molecular weight is 354 g/mol. The highest BCUT2D eigenvalue weighted by Gasteiger charge is 2.21. The van der Waals surface area contributed by atoms with Crippen molar-refractivity contribution in [1.82, 2.24) is 10.6 Å². The summed E-state index contributed by atoms with van der Waals surface area (Å²) in [6.07, 6.45) is 7.33. The molecule has 5 nitrogen and oxygen atoms in total. The molecule has 0 aromatic heterocycles. The van der Waals surface area contributed by atoms with Crippen LogP contribution in [-0.4, -0.2) is 24.9 Å². The fraction of sp³-hybridized carbons (Fsp3) is 0.556. The predicted molar refractivity (Wildman–Crippen MR) is 97.8 cm³/mol. The highest BCUT2D eigenvalue weighted by Crippen LogP contribution is 2.31. The Morgan fingerprint density at radius 1 is 1.08 bits per heavy atom. The smallest absolute Gasteiger partial charge is 0.239 e. The summed E-state index contributed by atoms with van der Waals surface area (Å²) in [5.74, 6) is 0.174. The minimum atomic E-state index is -0.316. The fourth-order valence-corrected chi connectivity index (χ4v) is 3.22. The molecule has 2 rings (SSSR count). The molecule has 134 valence electrons. The maximum atomic E-state index is 12.1. The number of nitrogens with one attached hydrogen (secondary N) is 2. The van der Waals surface area contributed by atoms with E-state index in [1.165, 1.54) is 32.1 Å². The molecule has 4 N–H and O–H groups in total. The maximum Gasteiger partial charge on any atom is 0.239 e. The Bertz CT molecular complexity index is 504. The fourth-order valence-electron chi connectivity index (χ4n) is 3.22. The normalized spacial score (nSPS) is 15.9. The van der Waals surface area contributed by atoms with Crippen molar-refractivity contribution < 1.29 is 9.59 Å². The van der Waals surface area contributed by atoms with Crippen LogP contribution >= 0.6 is 12.4 Å². The van der Waals surface area contributed by atoms with Crippen molar-refractivity contribution in [2.75, 3.05) is 13.1 Å². The number of benzene rings is 1. The Balaban J connectivity index is 0.00000288. The molecule has 1 aromatic carbocycles. The van der Waals surface area contributed by atoms with Crippen LogP contribution < -0.4 is 16.4 Å². The minimum absolute atomic E-state index is 0. The standard InChI is InChI=1S/C18H27N3O2.ClH/c19-12-17(22)20-13-18(23)21-16(15-9-5-2-6-10-15)11-14-7-3-1-4-8-14;/h2,5-6,9-10,14,16H,1,3-4,7-8,11-13,19H2,(H,20,22)(H,21,23);1H. The lowest BCUT2D eigenvalue weighted by atomic mass is 9.83. The number of amides is 2. The van der Waals surface area contributed by atoms with Crippen LogP contribution in [0.2, 0.25) is 0 Å². The molecule has 6 heteroatoms. The summed E-state index contributed by atoms with van der Waals surface area (Å²) in [5, 5.41) is 5.58. The van der Waals surface area contributed by atoms with Gasteiger partial charge >= 0.3 is 0 Å². The average Bonchev–Trinajstić information content (AvgIpc) is 2.60. The molecule has 1 aliphatic rings. The molecular formula is C18H28ClN3O2. The minimum Gasteiger partial charge on any atom is -0.348 e. The van der Waals surface area contributed by atoms with E-state index in [0.29, 0.717) is 5.92 Å². The van der Waals surface area contributed by atoms with Gasteiger partial charge in [0.05, 0.1) is 19.1 Å². The predicted octanol–water partition coefficient (Wildman–Crippen LogP) is 2.31. The third-order valence-corrected chi connectivity index (χ3v) is 4.46. The first kappa shape index (κ1) is 20.5. The molecule has 1 saturated carbocycles. The second-order valence-corrected chi connectivity index (χ2v) is 6.25. The Labute approximate surface area is 150 Å². The molecule has 0 heterocycles. The van der Waals surface area contributed by atoms with Crippen molar-refractivity contribution in [2.45, 2.75) is 44.6 Å². The van der Waals surface area contributed by atoms with Gasteiger partial charge in [0.15, 0.2) is 0 Å². The van der Waals surface area contributed by atoms with Crippen molar-refractivity contribution >= 4 is 24.2 Å². The summed E-state index contributed by atoms with van der Waals surface area (Å²) in [4.78, 5) is 23.3. The van der Waals surface area contributed by atoms with E-state index in [4.69, 9.17) is 5.73 Å². The summed E-state index contributed by atoms with van der Waals surface area (Å²) < 4.78 is 0. The molecule has 0 saturated heterocycles. The van der Waals surface area contributed by atoms with Crippen LogP contribution in [0.25, 0.3) is 0 Å². The number of hydrogen-bond donors (Lipinski definition) is 3. The van der Waals surface area contributed by atoms with Gasteiger partial charge in [0.2, 0.25) is 11.8 Å². The van der Waals surface area contributed by atoms with Crippen molar-refractivity contribution in [1.29, 1.82) is 0 Å². The van der Waals surface area contributed by atoms with Gasteiger partial charge in [-0.05, 0) is 17.9 Å². The van der Waals surface area contributed by atoms with E-state index in [0.717, 1.165) is 12.0 Å². The SMILES string of the molecule is Cl.NCC(=O)NCC(=O)NC(CC1CCCCC1)c1ccccc1. The van der Waals surface area contributed by atoms with Gasteiger partial charge in [-0.3, -0.25) is 9.59 Å². The van der Waals surface area contributed by atoms with Crippen molar-refractivity contribution in [3.63, 3.8) is 0 Å². The second kappa shape index (κ2) is 11.0. The number of rotatable bonds is 7. The van der Waals surface area contributed by atoms with Gasteiger partial charge in [0, 0.05) is 0 Å². The van der Waals surface area contributed by atoms with Gasteiger partial charge in [-0.1, -0.05) is 62.4 Å². The second-order valence-electron chi connectivity index (χ2n) is 6.25. The molecule has 2 amide bonds. The van der Waals surface area contributed by atoms with E-state index >= 15 is 0 Å². The van der Waals surface area contributed by atoms with Crippen molar-refractivity contribution in [3.05, 3.63) is 35.9 Å². The zero-order valence-electron chi connectivity index (χ0n) is 14.0. The van der Waals surface area contributed by atoms with E-state index in [1.54, 1.807) is 0 Å². The van der Waals surface area contributed by atoms with E-state index in [9.17, 15) is 9.59 Å². The summed E-state index contributed by atoms with van der Waals surface area (Å²) in [6.45, 7) is -0.124. The van der Waals surface area contributed by atoms with Crippen LogP contribution in [0.15, 0.2) is 30.3 Å². The van der Waals surface area contributed by atoms with Crippen LogP contribution in [0, 0.1) is 5.92 Å². The highest BCUT2D eigenvalue weighted by molar-refractivity contribution is 5.85. The number of nitrogens with two attached hydrogens (primary N) is 1. The van der Waals surface area contributed by atoms with Crippen molar-refractivity contribution in [3.8, 4) is 0 Å². The highest BCUT2D eigenvalue weighted by atomic mass is 35.5. The molecule has 1 atom stereocenters. The van der Waals surface area contributed by atoms with Crippen LogP contribution in [0.3, 0.4) is 0 Å². The first-order valence-corrected chi connectivity index (χ1v) is 8.50. The van der Waals surface area contributed by atoms with Crippen LogP contribution in [-0.2, 0) is 9.59 Å². The topological polar surface area (TPSA) is 84.2 Å². The van der Waals surface area contributed by atoms with Crippen LogP contribution in [0.5, 0.6) is 0 Å². The van der Waals surface area contributed by atoms with Crippen LogP contribution in [0.1, 0.15) is 50.1 Å². The molecule has 24 heavy (non-hydrogen) atoms. The molecule has 1 aliphatic carbocycles. The van der Waals surface area contributed by atoms with E-state index < -0.39 is 0 Å². The van der Waals surface area contributed by atoms with Gasteiger partial charge in [0.25, 0.3) is 0 Å². The number of halogens is 1.